The van der Waals surface area contributed by atoms with E-state index in [9.17, 15) is 8.42 Å². The van der Waals surface area contributed by atoms with Gasteiger partial charge in [0.15, 0.2) is 5.03 Å². The molecule has 1 aliphatic heterocycles. The van der Waals surface area contributed by atoms with Gasteiger partial charge in [0.2, 0.25) is 0 Å². The lowest BCUT2D eigenvalue weighted by molar-refractivity contribution is 0.0200. The highest BCUT2D eigenvalue weighted by Gasteiger charge is 2.23. The van der Waals surface area contributed by atoms with Gasteiger partial charge < -0.3 is 10.1 Å². The second kappa shape index (κ2) is 7.88. The Labute approximate surface area is 125 Å². The molecule has 2 heterocycles. The molecule has 0 aliphatic carbocycles. The van der Waals surface area contributed by atoms with Gasteiger partial charge in [-0.15, -0.1) is 0 Å². The van der Waals surface area contributed by atoms with Crippen molar-refractivity contribution in [3.8, 4) is 0 Å². The predicted molar refractivity (Wildman–Crippen MR) is 79.4 cm³/mol. The van der Waals surface area contributed by atoms with E-state index in [-0.39, 0.29) is 11.1 Å². The summed E-state index contributed by atoms with van der Waals surface area (Å²) in [6.07, 6.45) is 5.56. The molecule has 1 fully saturated rings. The summed E-state index contributed by atoms with van der Waals surface area (Å²) in [5.74, 6) is 0. The van der Waals surface area contributed by atoms with Crippen molar-refractivity contribution in [3.63, 3.8) is 0 Å². The van der Waals surface area contributed by atoms with Crippen LogP contribution in [-0.4, -0.2) is 44.4 Å². The smallest absolute Gasteiger partial charge is 0.257 e. The molecule has 0 saturated carbocycles. The Balaban J connectivity index is 1.93. The summed E-state index contributed by atoms with van der Waals surface area (Å²) in [4.78, 5) is 0. The molecule has 1 aromatic rings. The quantitative estimate of drug-likeness (QED) is 0.615. The fourth-order valence-electron chi connectivity index (χ4n) is 2.30. The van der Waals surface area contributed by atoms with E-state index in [1.807, 2.05) is 0 Å². The summed E-state index contributed by atoms with van der Waals surface area (Å²) in [7, 11) is -3.57. The molecule has 1 aliphatic rings. The highest BCUT2D eigenvalue weighted by atomic mass is 32.2. The summed E-state index contributed by atoms with van der Waals surface area (Å²) >= 11 is 0. The molecule has 2 rings (SSSR count). The minimum atomic E-state index is -3.57. The molecule has 120 valence electrons. The molecule has 0 aromatic carbocycles. The largest absolute Gasteiger partial charge is 0.377 e. The number of sulfonamides is 1. The zero-order valence-electron chi connectivity index (χ0n) is 12.4. The topological polar surface area (TPSA) is 96.1 Å². The van der Waals surface area contributed by atoms with Crippen LogP contribution in [0.3, 0.4) is 0 Å². The average molecular weight is 316 g/mol. The lowest BCUT2D eigenvalue weighted by Crippen LogP contribution is -2.36. The van der Waals surface area contributed by atoms with Gasteiger partial charge in [-0.1, -0.05) is 6.92 Å². The van der Waals surface area contributed by atoms with Crippen LogP contribution >= 0.6 is 0 Å². The van der Waals surface area contributed by atoms with E-state index in [0.717, 1.165) is 32.2 Å². The highest BCUT2D eigenvalue weighted by Crippen LogP contribution is 2.14. The van der Waals surface area contributed by atoms with Crippen LogP contribution < -0.4 is 10.0 Å². The molecular weight excluding hydrogens is 292 g/mol. The monoisotopic (exact) mass is 316 g/mol. The second-order valence-electron chi connectivity index (χ2n) is 5.24. The van der Waals surface area contributed by atoms with Crippen molar-refractivity contribution in [2.75, 3.05) is 19.7 Å². The van der Waals surface area contributed by atoms with Crippen LogP contribution in [0.4, 0.5) is 0 Å². The van der Waals surface area contributed by atoms with Crippen molar-refractivity contribution in [2.24, 2.45) is 0 Å². The van der Waals surface area contributed by atoms with Crippen LogP contribution in [0.15, 0.2) is 11.2 Å². The highest BCUT2D eigenvalue weighted by molar-refractivity contribution is 7.89. The maximum atomic E-state index is 12.3. The molecule has 1 saturated heterocycles. The normalized spacial score (nSPS) is 19.8. The van der Waals surface area contributed by atoms with Gasteiger partial charge in [-0.3, -0.25) is 5.10 Å². The Morgan fingerprint density at radius 1 is 1.48 bits per heavy atom. The van der Waals surface area contributed by atoms with Crippen LogP contribution in [0.5, 0.6) is 0 Å². The summed E-state index contributed by atoms with van der Waals surface area (Å²) in [5.41, 5.74) is 0.653. The molecule has 1 aromatic heterocycles. The van der Waals surface area contributed by atoms with Crippen molar-refractivity contribution in [1.29, 1.82) is 0 Å². The molecule has 0 spiro atoms. The maximum absolute atomic E-state index is 12.3. The zero-order chi connectivity index (χ0) is 15.1. The van der Waals surface area contributed by atoms with Crippen molar-refractivity contribution in [1.82, 2.24) is 20.2 Å². The van der Waals surface area contributed by atoms with Gasteiger partial charge in [-0.05, 0) is 32.2 Å². The molecule has 21 heavy (non-hydrogen) atoms. The first-order chi connectivity index (χ1) is 10.1. The number of nitrogens with one attached hydrogen (secondary N) is 3. The molecular formula is C13H24N4O3S. The number of ether oxygens (including phenoxy) is 1. The maximum Gasteiger partial charge on any atom is 0.257 e. The fourth-order valence-corrected chi connectivity index (χ4v) is 3.49. The fraction of sp³-hybridized carbons (Fsp3) is 0.769. The van der Waals surface area contributed by atoms with Crippen molar-refractivity contribution >= 4 is 10.0 Å². The lowest BCUT2D eigenvalue weighted by atomic mass is 10.1. The van der Waals surface area contributed by atoms with E-state index >= 15 is 0 Å². The van der Waals surface area contributed by atoms with Gasteiger partial charge in [-0.25, -0.2) is 13.1 Å². The van der Waals surface area contributed by atoms with Crippen LogP contribution in [0.1, 0.15) is 38.2 Å². The molecule has 8 heteroatoms. The number of nitrogens with zero attached hydrogens (tertiary/aromatic N) is 1. The summed E-state index contributed by atoms with van der Waals surface area (Å²) in [6, 6.07) is 0. The van der Waals surface area contributed by atoms with E-state index in [2.05, 4.69) is 27.2 Å². The van der Waals surface area contributed by atoms with Gasteiger partial charge in [0.25, 0.3) is 10.0 Å². The molecule has 0 amide bonds. The van der Waals surface area contributed by atoms with Crippen LogP contribution in [0.2, 0.25) is 0 Å². The number of aromatic nitrogens is 2. The number of rotatable bonds is 8. The molecule has 0 radical (unpaired) electrons. The van der Waals surface area contributed by atoms with E-state index in [1.54, 1.807) is 6.20 Å². The van der Waals surface area contributed by atoms with E-state index in [4.69, 9.17) is 4.74 Å². The number of hydrogen-bond donors (Lipinski definition) is 3. The van der Waals surface area contributed by atoms with Gasteiger partial charge in [0.05, 0.1) is 12.3 Å². The minimum Gasteiger partial charge on any atom is -0.377 e. The van der Waals surface area contributed by atoms with Gasteiger partial charge in [-0.2, -0.15) is 5.10 Å². The van der Waals surface area contributed by atoms with E-state index in [0.29, 0.717) is 25.3 Å². The Hall–Kier alpha value is -0.960. The van der Waals surface area contributed by atoms with Crippen LogP contribution in [0, 0.1) is 0 Å². The predicted octanol–water partition coefficient (Wildman–Crippen LogP) is 0.757. The third-order valence-corrected chi connectivity index (χ3v) is 4.90. The minimum absolute atomic E-state index is 0.0295. The van der Waals surface area contributed by atoms with E-state index in [1.165, 1.54) is 0 Å². The number of H-pyrrole nitrogens is 1. The first-order valence-electron chi connectivity index (χ1n) is 7.47. The Morgan fingerprint density at radius 3 is 3.05 bits per heavy atom. The lowest BCUT2D eigenvalue weighted by Gasteiger charge is -2.22. The average Bonchev–Trinajstić information content (AvgIpc) is 2.96. The number of aromatic amines is 1. The first-order valence-corrected chi connectivity index (χ1v) is 8.96. The van der Waals surface area contributed by atoms with Crippen LogP contribution in [-0.2, 0) is 21.3 Å². The Bertz CT molecular complexity index is 523. The van der Waals surface area contributed by atoms with Gasteiger partial charge in [0, 0.05) is 25.3 Å². The van der Waals surface area contributed by atoms with Crippen molar-refractivity contribution < 1.29 is 13.2 Å². The summed E-state index contributed by atoms with van der Waals surface area (Å²) in [5, 5.41) is 9.75. The Morgan fingerprint density at radius 2 is 2.33 bits per heavy atom. The summed E-state index contributed by atoms with van der Waals surface area (Å²) in [6.45, 7) is 4.41. The SMILES string of the molecule is CCCNCc1cn[nH]c1S(=O)(=O)NCC1CCCCO1. The Kier molecular flexibility index (Phi) is 6.16. The number of hydrogen-bond acceptors (Lipinski definition) is 5. The van der Waals surface area contributed by atoms with Gasteiger partial charge >= 0.3 is 0 Å². The van der Waals surface area contributed by atoms with Gasteiger partial charge in [0.1, 0.15) is 0 Å². The third-order valence-electron chi connectivity index (χ3n) is 3.46. The van der Waals surface area contributed by atoms with Crippen LogP contribution in [0.25, 0.3) is 0 Å². The van der Waals surface area contributed by atoms with Crippen molar-refractivity contribution in [3.05, 3.63) is 11.8 Å². The standard InChI is InChI=1S/C13H24N4O3S/c1-2-6-14-8-11-9-15-17-13(11)21(18,19)16-10-12-5-3-4-7-20-12/h9,12,14,16H,2-8,10H2,1H3,(H,15,17). The summed E-state index contributed by atoms with van der Waals surface area (Å²) < 4.78 is 32.8. The first kappa shape index (κ1) is 16.4. The second-order valence-corrected chi connectivity index (χ2v) is 6.95. The molecule has 1 unspecified atom stereocenters. The zero-order valence-corrected chi connectivity index (χ0v) is 13.2. The molecule has 7 nitrogen and oxygen atoms in total. The molecule has 3 N–H and O–H groups in total. The molecule has 0 bridgehead atoms. The third kappa shape index (κ3) is 4.77. The molecule has 1 atom stereocenters. The van der Waals surface area contributed by atoms with Crippen molar-refractivity contribution in [2.45, 2.75) is 50.3 Å². The van der Waals surface area contributed by atoms with E-state index < -0.39 is 10.0 Å².